The number of alkyl halides is 1. The number of phenols is 1. The van der Waals surface area contributed by atoms with Gasteiger partial charge in [-0.05, 0) is 12.1 Å². The Hall–Kier alpha value is -0.440. The standard InChI is InChI=1S/C8H5Cl3O2/c9-3-6(12)4-1-2-5(10)8(13)7(4)11/h1-2,13H,3H2. The summed E-state index contributed by atoms with van der Waals surface area (Å²) in [6, 6.07) is 2.82. The fourth-order valence-electron chi connectivity index (χ4n) is 0.828. The van der Waals surface area contributed by atoms with E-state index in [0.29, 0.717) is 0 Å². The highest BCUT2D eigenvalue weighted by Gasteiger charge is 2.14. The molecule has 0 heterocycles. The molecule has 0 spiro atoms. The smallest absolute Gasteiger partial charge is 0.179 e. The molecule has 0 atom stereocenters. The molecule has 0 radical (unpaired) electrons. The highest BCUT2D eigenvalue weighted by molar-refractivity contribution is 6.40. The van der Waals surface area contributed by atoms with Crippen LogP contribution in [0.2, 0.25) is 10.0 Å². The predicted octanol–water partition coefficient (Wildman–Crippen LogP) is 3.12. The first kappa shape index (κ1) is 10.6. The van der Waals surface area contributed by atoms with Crippen molar-refractivity contribution in [2.24, 2.45) is 0 Å². The molecule has 0 unspecified atom stereocenters. The third-order valence-electron chi connectivity index (χ3n) is 1.49. The number of carbonyl (C=O) groups excluding carboxylic acids is 1. The van der Waals surface area contributed by atoms with E-state index < -0.39 is 0 Å². The van der Waals surface area contributed by atoms with Gasteiger partial charge in [0.2, 0.25) is 0 Å². The van der Waals surface area contributed by atoms with E-state index in [4.69, 9.17) is 34.8 Å². The molecule has 1 aromatic rings. The van der Waals surface area contributed by atoms with Crippen LogP contribution in [0.5, 0.6) is 5.75 Å². The van der Waals surface area contributed by atoms with Crippen molar-refractivity contribution in [3.05, 3.63) is 27.7 Å². The Morgan fingerprint density at radius 1 is 1.38 bits per heavy atom. The van der Waals surface area contributed by atoms with E-state index in [1.54, 1.807) is 0 Å². The largest absolute Gasteiger partial charge is 0.505 e. The Bertz CT molecular complexity index is 349. The van der Waals surface area contributed by atoms with Gasteiger partial charge in [0.05, 0.1) is 15.9 Å². The van der Waals surface area contributed by atoms with Gasteiger partial charge in [-0.15, -0.1) is 11.6 Å². The number of carbonyl (C=O) groups is 1. The first-order valence-corrected chi connectivity index (χ1v) is 4.63. The molecule has 0 aromatic heterocycles. The normalized spacial score (nSPS) is 10.1. The second kappa shape index (κ2) is 4.18. The number of Topliss-reactive ketones (excluding diaryl/α,β-unsaturated/α-hetero) is 1. The molecule has 2 nitrogen and oxygen atoms in total. The third kappa shape index (κ3) is 2.08. The minimum Gasteiger partial charge on any atom is -0.505 e. The molecule has 70 valence electrons. The molecule has 5 heteroatoms. The van der Waals surface area contributed by atoms with Gasteiger partial charge in [-0.1, -0.05) is 23.2 Å². The van der Waals surface area contributed by atoms with Gasteiger partial charge in [0.15, 0.2) is 11.5 Å². The molecular formula is C8H5Cl3O2. The molecule has 13 heavy (non-hydrogen) atoms. The number of phenolic OH excluding ortho intramolecular Hbond substituents is 1. The first-order valence-electron chi connectivity index (χ1n) is 3.34. The minimum atomic E-state index is -0.348. The SMILES string of the molecule is O=C(CCl)c1ccc(Cl)c(O)c1Cl. The van der Waals surface area contributed by atoms with E-state index in [1.165, 1.54) is 12.1 Å². The zero-order valence-corrected chi connectivity index (χ0v) is 8.62. The molecule has 0 aliphatic rings. The van der Waals surface area contributed by atoms with Crippen molar-refractivity contribution in [2.45, 2.75) is 0 Å². The van der Waals surface area contributed by atoms with Gasteiger partial charge < -0.3 is 5.11 Å². The second-order valence-corrected chi connectivity index (χ2v) is 3.37. The summed E-state index contributed by atoms with van der Waals surface area (Å²) < 4.78 is 0. The van der Waals surface area contributed by atoms with E-state index >= 15 is 0 Å². The fraction of sp³-hybridized carbons (Fsp3) is 0.125. The summed E-state index contributed by atoms with van der Waals surface area (Å²) in [6.45, 7) is 0. The molecule has 0 bridgehead atoms. The van der Waals surface area contributed by atoms with Crippen LogP contribution in [0.3, 0.4) is 0 Å². The van der Waals surface area contributed by atoms with Gasteiger partial charge in [-0.3, -0.25) is 4.79 Å². The first-order chi connectivity index (χ1) is 6.07. The summed E-state index contributed by atoms with van der Waals surface area (Å²) in [7, 11) is 0. The summed E-state index contributed by atoms with van der Waals surface area (Å²) in [4.78, 5) is 11.1. The maximum Gasteiger partial charge on any atom is 0.179 e. The van der Waals surface area contributed by atoms with Crippen molar-refractivity contribution in [1.82, 2.24) is 0 Å². The molecule has 1 aromatic carbocycles. The number of aromatic hydroxyl groups is 1. The highest BCUT2D eigenvalue weighted by Crippen LogP contribution is 2.34. The van der Waals surface area contributed by atoms with Gasteiger partial charge in [0, 0.05) is 5.56 Å². The lowest BCUT2D eigenvalue weighted by molar-refractivity contribution is 0.102. The number of hydrogen-bond acceptors (Lipinski definition) is 2. The third-order valence-corrected chi connectivity index (χ3v) is 2.42. The van der Waals surface area contributed by atoms with Crippen LogP contribution in [0.25, 0.3) is 0 Å². The van der Waals surface area contributed by atoms with Gasteiger partial charge in [0.25, 0.3) is 0 Å². The summed E-state index contributed by atoms with van der Waals surface area (Å²) in [6.07, 6.45) is 0. The molecule has 1 rings (SSSR count). The van der Waals surface area contributed by atoms with Crippen LogP contribution in [0.15, 0.2) is 12.1 Å². The van der Waals surface area contributed by atoms with Crippen molar-refractivity contribution in [1.29, 1.82) is 0 Å². The summed E-state index contributed by atoms with van der Waals surface area (Å²) in [5, 5.41) is 9.32. The highest BCUT2D eigenvalue weighted by atomic mass is 35.5. The molecule has 1 N–H and O–H groups in total. The number of benzene rings is 1. The van der Waals surface area contributed by atoms with Crippen LogP contribution >= 0.6 is 34.8 Å². The molecule has 0 saturated carbocycles. The Morgan fingerprint density at radius 2 is 2.00 bits per heavy atom. The van der Waals surface area contributed by atoms with Gasteiger partial charge in [0.1, 0.15) is 0 Å². The van der Waals surface area contributed by atoms with Crippen molar-refractivity contribution in [2.75, 3.05) is 5.88 Å². The Labute approximate surface area is 90.0 Å². The van der Waals surface area contributed by atoms with E-state index in [-0.39, 0.29) is 33.0 Å². The van der Waals surface area contributed by atoms with Crippen molar-refractivity contribution < 1.29 is 9.90 Å². The maximum atomic E-state index is 11.1. The van der Waals surface area contributed by atoms with Crippen LogP contribution in [0.1, 0.15) is 10.4 Å². The Kier molecular flexibility index (Phi) is 3.42. The Balaban J connectivity index is 3.26. The van der Waals surface area contributed by atoms with E-state index in [2.05, 4.69) is 0 Å². The number of hydrogen-bond donors (Lipinski definition) is 1. The van der Waals surface area contributed by atoms with Gasteiger partial charge >= 0.3 is 0 Å². The van der Waals surface area contributed by atoms with Crippen LogP contribution < -0.4 is 0 Å². The number of rotatable bonds is 2. The number of halogens is 3. The van der Waals surface area contributed by atoms with E-state index in [9.17, 15) is 9.90 Å². The average molecular weight is 239 g/mol. The van der Waals surface area contributed by atoms with Crippen molar-refractivity contribution >= 4 is 40.6 Å². The van der Waals surface area contributed by atoms with Crippen LogP contribution in [-0.4, -0.2) is 16.8 Å². The Morgan fingerprint density at radius 3 is 2.54 bits per heavy atom. The molecule has 0 fully saturated rings. The van der Waals surface area contributed by atoms with Gasteiger partial charge in [-0.2, -0.15) is 0 Å². The minimum absolute atomic E-state index is 0.0573. The lowest BCUT2D eigenvalue weighted by Crippen LogP contribution is -2.00. The van der Waals surface area contributed by atoms with Crippen LogP contribution in [0.4, 0.5) is 0 Å². The quantitative estimate of drug-likeness (QED) is 0.636. The van der Waals surface area contributed by atoms with E-state index in [0.717, 1.165) is 0 Å². The molecule has 0 aliphatic carbocycles. The fourth-order valence-corrected chi connectivity index (χ4v) is 1.45. The summed E-state index contributed by atoms with van der Waals surface area (Å²) in [5.41, 5.74) is 0.179. The monoisotopic (exact) mass is 238 g/mol. The maximum absolute atomic E-state index is 11.1. The summed E-state index contributed by atoms with van der Waals surface area (Å²) >= 11 is 16.5. The molecule has 0 aliphatic heterocycles. The predicted molar refractivity (Wildman–Crippen MR) is 53.2 cm³/mol. The number of ketones is 1. The summed E-state index contributed by atoms with van der Waals surface area (Å²) in [5.74, 6) is -0.821. The molecular weight excluding hydrogens is 234 g/mol. The topological polar surface area (TPSA) is 37.3 Å². The van der Waals surface area contributed by atoms with Crippen LogP contribution in [-0.2, 0) is 0 Å². The van der Waals surface area contributed by atoms with Crippen molar-refractivity contribution in [3.63, 3.8) is 0 Å². The zero-order chi connectivity index (χ0) is 10.0. The average Bonchev–Trinajstić information content (AvgIpc) is 2.13. The lowest BCUT2D eigenvalue weighted by Gasteiger charge is -2.04. The molecule has 0 amide bonds. The van der Waals surface area contributed by atoms with Crippen molar-refractivity contribution in [3.8, 4) is 5.75 Å². The van der Waals surface area contributed by atoms with Gasteiger partial charge in [-0.25, -0.2) is 0 Å². The lowest BCUT2D eigenvalue weighted by atomic mass is 10.1. The van der Waals surface area contributed by atoms with E-state index in [1.807, 2.05) is 0 Å². The second-order valence-electron chi connectivity index (χ2n) is 2.31. The zero-order valence-electron chi connectivity index (χ0n) is 6.35. The van der Waals surface area contributed by atoms with Crippen LogP contribution in [0, 0.1) is 0 Å². The molecule has 0 saturated heterocycles.